The number of hydrogen-bond donors (Lipinski definition) is 3. The minimum Gasteiger partial charge on any atom is -0.507 e. The van der Waals surface area contributed by atoms with Crippen molar-refractivity contribution in [1.82, 2.24) is 5.43 Å². The van der Waals surface area contributed by atoms with E-state index < -0.39 is 5.91 Å². The third-order valence-electron chi connectivity index (χ3n) is 2.81. The Hall–Kier alpha value is -3.02. The standard InChI is InChI=1S/C15H15N3O3/c1-21-11-7-6-10(14(19)8-11)9-17-18-15(20)12-4-2-3-5-13(12)16/h2-9,19H,16H2,1H3,(H,18,20)/b17-9+. The van der Waals surface area contributed by atoms with Crippen LogP contribution < -0.4 is 15.9 Å². The minimum absolute atomic E-state index is 0.00609. The Morgan fingerprint density at radius 2 is 2.10 bits per heavy atom. The molecule has 0 aliphatic rings. The molecule has 0 saturated carbocycles. The summed E-state index contributed by atoms with van der Waals surface area (Å²) in [5.74, 6) is 0.120. The number of amides is 1. The molecule has 6 nitrogen and oxygen atoms in total. The Bertz CT molecular complexity index is 684. The summed E-state index contributed by atoms with van der Waals surface area (Å²) in [5, 5.41) is 13.5. The van der Waals surface area contributed by atoms with Gasteiger partial charge in [0.05, 0.1) is 18.9 Å². The molecule has 4 N–H and O–H groups in total. The molecule has 0 atom stereocenters. The highest BCUT2D eigenvalue weighted by molar-refractivity contribution is 5.99. The summed E-state index contributed by atoms with van der Waals surface area (Å²) in [6.45, 7) is 0. The first-order valence-electron chi connectivity index (χ1n) is 6.16. The zero-order valence-electron chi connectivity index (χ0n) is 11.4. The fourth-order valence-corrected chi connectivity index (χ4v) is 1.68. The predicted octanol–water partition coefficient (Wildman–Crippen LogP) is 1.75. The predicted molar refractivity (Wildman–Crippen MR) is 80.6 cm³/mol. The van der Waals surface area contributed by atoms with Gasteiger partial charge in [-0.2, -0.15) is 5.10 Å². The molecule has 0 heterocycles. The number of hydrogen-bond acceptors (Lipinski definition) is 5. The van der Waals surface area contributed by atoms with Gasteiger partial charge in [0, 0.05) is 17.3 Å². The number of nitrogens with two attached hydrogens (primary N) is 1. The van der Waals surface area contributed by atoms with Gasteiger partial charge < -0.3 is 15.6 Å². The first-order valence-corrected chi connectivity index (χ1v) is 6.16. The molecule has 0 spiro atoms. The quantitative estimate of drug-likeness (QED) is 0.453. The van der Waals surface area contributed by atoms with Gasteiger partial charge in [-0.15, -0.1) is 0 Å². The van der Waals surface area contributed by atoms with Gasteiger partial charge in [0.25, 0.3) is 5.91 Å². The molecule has 0 saturated heterocycles. The summed E-state index contributed by atoms with van der Waals surface area (Å²) in [6.07, 6.45) is 1.34. The van der Waals surface area contributed by atoms with Crippen molar-refractivity contribution in [1.29, 1.82) is 0 Å². The second-order valence-corrected chi connectivity index (χ2v) is 4.21. The van der Waals surface area contributed by atoms with E-state index in [-0.39, 0.29) is 5.75 Å². The first-order chi connectivity index (χ1) is 10.1. The summed E-state index contributed by atoms with van der Waals surface area (Å²) in [7, 11) is 1.51. The Morgan fingerprint density at radius 1 is 1.33 bits per heavy atom. The number of nitrogens with one attached hydrogen (secondary N) is 1. The molecule has 2 aromatic rings. The van der Waals surface area contributed by atoms with Crippen molar-refractivity contribution >= 4 is 17.8 Å². The van der Waals surface area contributed by atoms with Crippen molar-refractivity contribution in [2.45, 2.75) is 0 Å². The van der Waals surface area contributed by atoms with Crippen molar-refractivity contribution in [3.8, 4) is 11.5 Å². The number of nitrogen functional groups attached to an aromatic ring is 1. The highest BCUT2D eigenvalue weighted by Gasteiger charge is 2.07. The number of phenols is 1. The number of nitrogens with zero attached hydrogens (tertiary/aromatic N) is 1. The average molecular weight is 285 g/mol. The van der Waals surface area contributed by atoms with E-state index in [1.165, 1.54) is 19.4 Å². The number of hydrazone groups is 1. The van der Waals surface area contributed by atoms with Crippen LogP contribution in [0.2, 0.25) is 0 Å². The lowest BCUT2D eigenvalue weighted by Crippen LogP contribution is -2.19. The number of methoxy groups -OCH3 is 1. The van der Waals surface area contributed by atoms with Crippen LogP contribution in [0.5, 0.6) is 11.5 Å². The molecule has 0 bridgehead atoms. The summed E-state index contributed by atoms with van der Waals surface area (Å²) >= 11 is 0. The van der Waals surface area contributed by atoms with Crippen LogP contribution in [0.1, 0.15) is 15.9 Å². The van der Waals surface area contributed by atoms with Crippen molar-refractivity contribution in [3.63, 3.8) is 0 Å². The van der Waals surface area contributed by atoms with E-state index in [1.807, 2.05) is 0 Å². The van der Waals surface area contributed by atoms with Crippen LogP contribution in [0.3, 0.4) is 0 Å². The molecule has 0 aromatic heterocycles. The largest absolute Gasteiger partial charge is 0.507 e. The molecule has 2 aromatic carbocycles. The maximum atomic E-state index is 11.9. The van der Waals surface area contributed by atoms with Crippen molar-refractivity contribution in [3.05, 3.63) is 53.6 Å². The monoisotopic (exact) mass is 285 g/mol. The topological polar surface area (TPSA) is 96.9 Å². The molecule has 2 rings (SSSR count). The lowest BCUT2D eigenvalue weighted by Gasteiger charge is -2.04. The highest BCUT2D eigenvalue weighted by atomic mass is 16.5. The van der Waals surface area contributed by atoms with Crippen molar-refractivity contribution in [2.75, 3.05) is 12.8 Å². The molecule has 1 amide bonds. The van der Waals surface area contributed by atoms with Gasteiger partial charge in [0.1, 0.15) is 11.5 Å². The number of carbonyl (C=O) groups is 1. The Balaban J connectivity index is 2.06. The van der Waals surface area contributed by atoms with Gasteiger partial charge in [0.2, 0.25) is 0 Å². The Morgan fingerprint density at radius 3 is 2.76 bits per heavy atom. The first kappa shape index (κ1) is 14.4. The third-order valence-corrected chi connectivity index (χ3v) is 2.81. The Kier molecular flexibility index (Phi) is 4.40. The second kappa shape index (κ2) is 6.42. The van der Waals surface area contributed by atoms with E-state index >= 15 is 0 Å². The lowest BCUT2D eigenvalue weighted by atomic mass is 10.2. The van der Waals surface area contributed by atoms with E-state index in [4.69, 9.17) is 10.5 Å². The second-order valence-electron chi connectivity index (χ2n) is 4.21. The van der Waals surface area contributed by atoms with Crippen LogP contribution >= 0.6 is 0 Å². The van der Waals surface area contributed by atoms with E-state index in [0.29, 0.717) is 22.6 Å². The van der Waals surface area contributed by atoms with E-state index in [1.54, 1.807) is 36.4 Å². The number of rotatable bonds is 4. The summed E-state index contributed by atoms with van der Waals surface area (Å²) < 4.78 is 4.98. The average Bonchev–Trinajstić information content (AvgIpc) is 2.49. The van der Waals surface area contributed by atoms with Crippen molar-refractivity contribution < 1.29 is 14.6 Å². The van der Waals surface area contributed by atoms with Crippen LogP contribution in [-0.4, -0.2) is 24.3 Å². The van der Waals surface area contributed by atoms with Crippen molar-refractivity contribution in [2.24, 2.45) is 5.10 Å². The van der Waals surface area contributed by atoms with Crippen LogP contribution in [-0.2, 0) is 0 Å². The SMILES string of the molecule is COc1ccc(/C=N/NC(=O)c2ccccc2N)c(O)c1. The number of ether oxygens (including phenoxy) is 1. The van der Waals surface area contributed by atoms with Gasteiger partial charge >= 0.3 is 0 Å². The number of aromatic hydroxyl groups is 1. The van der Waals surface area contributed by atoms with Gasteiger partial charge in [0.15, 0.2) is 0 Å². The molecule has 6 heteroatoms. The molecule has 0 radical (unpaired) electrons. The van der Waals surface area contributed by atoms with Gasteiger partial charge in [-0.1, -0.05) is 12.1 Å². The van der Waals surface area contributed by atoms with Gasteiger partial charge in [-0.25, -0.2) is 5.43 Å². The third kappa shape index (κ3) is 3.50. The number of benzene rings is 2. The highest BCUT2D eigenvalue weighted by Crippen LogP contribution is 2.21. The van der Waals surface area contributed by atoms with Crippen LogP contribution in [0.25, 0.3) is 0 Å². The molecule has 108 valence electrons. The van der Waals surface area contributed by atoms with E-state index in [2.05, 4.69) is 10.5 Å². The van der Waals surface area contributed by atoms with Gasteiger partial charge in [-0.3, -0.25) is 4.79 Å². The maximum Gasteiger partial charge on any atom is 0.273 e. The fraction of sp³-hybridized carbons (Fsp3) is 0.0667. The van der Waals surface area contributed by atoms with Gasteiger partial charge in [-0.05, 0) is 24.3 Å². The zero-order valence-corrected chi connectivity index (χ0v) is 11.4. The number of anilines is 1. The van der Waals surface area contributed by atoms with Crippen LogP contribution in [0, 0.1) is 0 Å². The molecule has 21 heavy (non-hydrogen) atoms. The maximum absolute atomic E-state index is 11.9. The summed E-state index contributed by atoms with van der Waals surface area (Å²) in [4.78, 5) is 11.9. The molecular formula is C15H15N3O3. The number of phenolic OH excluding ortho intramolecular Hbond substituents is 1. The normalized spacial score (nSPS) is 10.5. The smallest absolute Gasteiger partial charge is 0.273 e. The van der Waals surface area contributed by atoms with E-state index in [0.717, 1.165) is 0 Å². The lowest BCUT2D eigenvalue weighted by molar-refractivity contribution is 0.0956. The fourth-order valence-electron chi connectivity index (χ4n) is 1.68. The zero-order chi connectivity index (χ0) is 15.2. The minimum atomic E-state index is -0.419. The molecule has 0 aliphatic carbocycles. The van der Waals surface area contributed by atoms with E-state index in [9.17, 15) is 9.90 Å². The molecular weight excluding hydrogens is 270 g/mol. The number of carbonyl (C=O) groups excluding carboxylic acids is 1. The van der Waals surface area contributed by atoms with Crippen LogP contribution in [0.4, 0.5) is 5.69 Å². The summed E-state index contributed by atoms with van der Waals surface area (Å²) in [6, 6.07) is 11.4. The molecule has 0 fully saturated rings. The summed E-state index contributed by atoms with van der Waals surface area (Å²) in [5.41, 5.74) is 9.22. The molecule has 0 unspecified atom stereocenters. The number of para-hydroxylation sites is 1. The van der Waals surface area contributed by atoms with Crippen LogP contribution in [0.15, 0.2) is 47.6 Å². The Labute approximate surface area is 121 Å². The molecule has 0 aliphatic heterocycles.